The van der Waals surface area contributed by atoms with Crippen molar-refractivity contribution < 1.29 is 28.6 Å². The monoisotopic (exact) mass is 584 g/mol. The van der Waals surface area contributed by atoms with Crippen molar-refractivity contribution in [2.45, 2.75) is 29.1 Å². The van der Waals surface area contributed by atoms with Crippen LogP contribution >= 0.6 is 37.9 Å². The van der Waals surface area contributed by atoms with Gasteiger partial charge in [0.2, 0.25) is 0 Å². The van der Waals surface area contributed by atoms with Crippen molar-refractivity contribution in [1.82, 2.24) is 0 Å². The summed E-state index contributed by atoms with van der Waals surface area (Å²) in [6, 6.07) is 27.1. The molecule has 0 fully saturated rings. The van der Waals surface area contributed by atoms with E-state index in [1.165, 1.54) is 0 Å². The van der Waals surface area contributed by atoms with E-state index in [1.54, 1.807) is 36.4 Å². The first kappa shape index (κ1) is 30.7. The zero-order valence-electron chi connectivity index (χ0n) is 21.5. The van der Waals surface area contributed by atoms with Gasteiger partial charge >= 0.3 is 17.9 Å². The summed E-state index contributed by atoms with van der Waals surface area (Å²) in [5, 5.41) is -2.40. The third-order valence-electron chi connectivity index (χ3n) is 6.33. The molecule has 3 unspecified atom stereocenters. The van der Waals surface area contributed by atoms with Crippen molar-refractivity contribution in [2.24, 2.45) is 5.41 Å². The van der Waals surface area contributed by atoms with Gasteiger partial charge in [-0.05, 0) is 23.1 Å². The van der Waals surface area contributed by atoms with E-state index in [2.05, 4.69) is 37.9 Å². The average molecular weight is 585 g/mol. The fourth-order valence-corrected chi connectivity index (χ4v) is 4.39. The Morgan fingerprint density at radius 3 is 1.05 bits per heavy atom. The Labute approximate surface area is 245 Å². The second-order valence-electron chi connectivity index (χ2n) is 9.12. The minimum absolute atomic E-state index is 0.155. The van der Waals surface area contributed by atoms with Gasteiger partial charge in [-0.15, -0.1) is 0 Å². The fourth-order valence-electron chi connectivity index (χ4n) is 3.65. The molecular formula is C30H32O6S3. The lowest BCUT2D eigenvalue weighted by atomic mass is 9.88. The van der Waals surface area contributed by atoms with Gasteiger partial charge in [0, 0.05) is 0 Å². The summed E-state index contributed by atoms with van der Waals surface area (Å²) in [7, 11) is 0. The summed E-state index contributed by atoms with van der Waals surface area (Å²) in [4.78, 5) is 38.5. The molecule has 3 atom stereocenters. The van der Waals surface area contributed by atoms with Crippen molar-refractivity contribution in [3.05, 3.63) is 108 Å². The molecule has 0 aliphatic heterocycles. The predicted molar refractivity (Wildman–Crippen MR) is 160 cm³/mol. The summed E-state index contributed by atoms with van der Waals surface area (Å²) < 4.78 is 16.9. The number of hydrogen-bond acceptors (Lipinski definition) is 9. The van der Waals surface area contributed by atoms with E-state index in [0.717, 1.165) is 0 Å². The number of hydrogen-bond donors (Lipinski definition) is 3. The Hall–Kier alpha value is -2.88. The highest BCUT2D eigenvalue weighted by molar-refractivity contribution is 7.81. The quantitative estimate of drug-likeness (QED) is 0.129. The van der Waals surface area contributed by atoms with Crippen molar-refractivity contribution in [3.8, 4) is 0 Å². The second-order valence-corrected chi connectivity index (χ2v) is 10.7. The number of thiol groups is 3. The summed E-state index contributed by atoms with van der Waals surface area (Å²) in [6.07, 6.45) is 0.383. The van der Waals surface area contributed by atoms with Crippen LogP contribution in [0.5, 0.6) is 0 Å². The van der Waals surface area contributed by atoms with Crippen LogP contribution < -0.4 is 0 Å². The van der Waals surface area contributed by atoms with Crippen LogP contribution in [0, 0.1) is 5.41 Å². The highest BCUT2D eigenvalue weighted by Gasteiger charge is 2.36. The van der Waals surface area contributed by atoms with E-state index in [1.807, 2.05) is 61.5 Å². The zero-order chi connectivity index (χ0) is 28.3. The number of esters is 3. The molecule has 0 radical (unpaired) electrons. The molecule has 0 N–H and O–H groups in total. The summed E-state index contributed by atoms with van der Waals surface area (Å²) >= 11 is 13.2. The first-order valence-electron chi connectivity index (χ1n) is 12.5. The van der Waals surface area contributed by atoms with Crippen molar-refractivity contribution >= 4 is 55.8 Å². The van der Waals surface area contributed by atoms with Crippen LogP contribution in [0.15, 0.2) is 91.0 Å². The Kier molecular flexibility index (Phi) is 11.8. The van der Waals surface area contributed by atoms with E-state index in [9.17, 15) is 14.4 Å². The van der Waals surface area contributed by atoms with E-state index >= 15 is 0 Å². The Balaban J connectivity index is 1.72. The molecule has 3 aromatic rings. The number of benzene rings is 3. The van der Waals surface area contributed by atoms with Crippen LogP contribution in [0.25, 0.3) is 0 Å². The maximum Gasteiger partial charge on any atom is 0.323 e. The number of carbonyl (C=O) groups excluding carboxylic acids is 3. The highest BCUT2D eigenvalue weighted by atomic mass is 32.1. The minimum Gasteiger partial charge on any atom is -0.464 e. The predicted octanol–water partition coefficient (Wildman–Crippen LogP) is 6.03. The van der Waals surface area contributed by atoms with Crippen molar-refractivity contribution in [1.29, 1.82) is 0 Å². The summed E-state index contributed by atoms with van der Waals surface area (Å²) in [5.41, 5.74) is 1.06. The SMILES string of the molecule is CCC(COC(=O)C(S)c1ccccc1)(COC(=O)C(S)c1ccccc1)COC(=O)C(S)c1ccccc1. The third-order valence-corrected chi connectivity index (χ3v) is 7.85. The Morgan fingerprint density at radius 1 is 0.564 bits per heavy atom. The molecule has 0 bridgehead atoms. The van der Waals surface area contributed by atoms with Gasteiger partial charge in [-0.25, -0.2) is 0 Å². The molecule has 206 valence electrons. The summed E-state index contributed by atoms with van der Waals surface area (Å²) in [6.45, 7) is 1.38. The first-order chi connectivity index (χ1) is 18.8. The topological polar surface area (TPSA) is 78.9 Å². The smallest absolute Gasteiger partial charge is 0.323 e. The molecule has 0 spiro atoms. The first-order valence-corrected chi connectivity index (χ1v) is 14.0. The molecular weight excluding hydrogens is 553 g/mol. The molecule has 39 heavy (non-hydrogen) atoms. The number of carbonyl (C=O) groups is 3. The average Bonchev–Trinajstić information content (AvgIpc) is 3.00. The third kappa shape index (κ3) is 8.81. The normalized spacial score (nSPS) is 14.8. The maximum atomic E-state index is 12.8. The maximum absolute atomic E-state index is 12.8. The highest BCUT2D eigenvalue weighted by Crippen LogP contribution is 2.30. The number of rotatable bonds is 13. The lowest BCUT2D eigenvalue weighted by Gasteiger charge is -2.32. The molecule has 6 nitrogen and oxygen atoms in total. The van der Waals surface area contributed by atoms with E-state index in [4.69, 9.17) is 14.2 Å². The Morgan fingerprint density at radius 2 is 0.821 bits per heavy atom. The lowest BCUT2D eigenvalue weighted by molar-refractivity contribution is -0.161. The van der Waals surface area contributed by atoms with Crippen molar-refractivity contribution in [3.63, 3.8) is 0 Å². The minimum atomic E-state index is -1.00. The van der Waals surface area contributed by atoms with Crippen LogP contribution in [0.1, 0.15) is 45.8 Å². The fraction of sp³-hybridized carbons (Fsp3) is 0.300. The van der Waals surface area contributed by atoms with Gasteiger partial charge in [0.25, 0.3) is 0 Å². The lowest BCUT2D eigenvalue weighted by Crippen LogP contribution is -2.40. The van der Waals surface area contributed by atoms with Crippen LogP contribution in [0.3, 0.4) is 0 Å². The molecule has 0 heterocycles. The van der Waals surface area contributed by atoms with Crippen LogP contribution in [-0.2, 0) is 28.6 Å². The molecule has 0 aliphatic carbocycles. The van der Waals surface area contributed by atoms with Gasteiger partial charge in [-0.2, -0.15) is 37.9 Å². The van der Waals surface area contributed by atoms with E-state index < -0.39 is 39.1 Å². The molecule has 0 saturated heterocycles. The largest absolute Gasteiger partial charge is 0.464 e. The van der Waals surface area contributed by atoms with Crippen LogP contribution in [-0.4, -0.2) is 37.7 Å². The van der Waals surface area contributed by atoms with Gasteiger partial charge in [0.15, 0.2) is 0 Å². The van der Waals surface area contributed by atoms with E-state index in [-0.39, 0.29) is 19.8 Å². The second kappa shape index (κ2) is 15.1. The van der Waals surface area contributed by atoms with Crippen LogP contribution in [0.4, 0.5) is 0 Å². The van der Waals surface area contributed by atoms with Gasteiger partial charge in [0.05, 0.1) is 5.41 Å². The van der Waals surface area contributed by atoms with Gasteiger partial charge in [0.1, 0.15) is 35.6 Å². The molecule has 0 aliphatic rings. The Bertz CT molecular complexity index is 1060. The van der Waals surface area contributed by atoms with Crippen molar-refractivity contribution in [2.75, 3.05) is 19.8 Å². The number of ether oxygens (including phenoxy) is 3. The van der Waals surface area contributed by atoms with Gasteiger partial charge in [-0.1, -0.05) is 97.9 Å². The molecule has 0 saturated carbocycles. The van der Waals surface area contributed by atoms with Crippen LogP contribution in [0.2, 0.25) is 0 Å². The molecule has 0 amide bonds. The standard InChI is InChI=1S/C30H32O6S3/c1-2-30(18-34-27(31)24(37)21-12-6-3-7-13-21,19-35-28(32)25(38)22-14-8-4-9-15-22)20-36-29(33)26(39)23-16-10-5-11-17-23/h3-17,24-26,37-39H,2,18-20H2,1H3. The van der Waals surface area contributed by atoms with Gasteiger partial charge < -0.3 is 14.2 Å². The molecule has 0 aromatic heterocycles. The molecule has 3 aromatic carbocycles. The molecule has 3 rings (SSSR count). The summed E-state index contributed by atoms with van der Waals surface area (Å²) in [5.74, 6) is -1.69. The molecule has 9 heteroatoms. The zero-order valence-corrected chi connectivity index (χ0v) is 24.2. The van der Waals surface area contributed by atoms with E-state index in [0.29, 0.717) is 23.1 Å². The van der Waals surface area contributed by atoms with Gasteiger partial charge in [-0.3, -0.25) is 14.4 Å².